The first-order valence-corrected chi connectivity index (χ1v) is 3.46. The molecule has 0 aromatic carbocycles. The van der Waals surface area contributed by atoms with Gasteiger partial charge >= 0.3 is 5.56 Å². The van der Waals surface area contributed by atoms with Gasteiger partial charge in [0.15, 0.2) is 4.34 Å². The van der Waals surface area contributed by atoms with Crippen molar-refractivity contribution < 1.29 is 22.7 Å². The first kappa shape index (κ1) is 10.2. The lowest BCUT2D eigenvalue weighted by Crippen LogP contribution is -3.00. The van der Waals surface area contributed by atoms with Crippen molar-refractivity contribution in [2.75, 3.05) is 0 Å². The molecule has 1 aromatic rings. The molecule has 0 saturated heterocycles. The summed E-state index contributed by atoms with van der Waals surface area (Å²) in [5, 5.41) is 0. The number of aromatic nitrogens is 1. The number of halogens is 2. The molecule has 3 nitrogen and oxygen atoms in total. The molecule has 0 aliphatic carbocycles. The van der Waals surface area contributed by atoms with E-state index < -0.39 is 0 Å². The maximum absolute atomic E-state index is 10.8. The van der Waals surface area contributed by atoms with Crippen LogP contribution in [0.2, 0.25) is 4.34 Å². The first-order valence-electron chi connectivity index (χ1n) is 2.30. The van der Waals surface area contributed by atoms with Crippen molar-refractivity contribution in [3.63, 3.8) is 0 Å². The van der Waals surface area contributed by atoms with Gasteiger partial charge in [-0.15, -0.1) is 0 Å². The van der Waals surface area contributed by atoms with Gasteiger partial charge in [-0.25, -0.2) is 0 Å². The molecule has 0 unspecified atom stereocenters. The van der Waals surface area contributed by atoms with Gasteiger partial charge in [0, 0.05) is 7.05 Å². The SMILES string of the molecule is Cn1sc(Cl)c([NH3+])c1=O.[Br-]. The monoisotopic (exact) mass is 244 g/mol. The van der Waals surface area contributed by atoms with E-state index in [0.717, 1.165) is 0 Å². The molecule has 10 heavy (non-hydrogen) atoms. The van der Waals surface area contributed by atoms with Gasteiger partial charge in [0.25, 0.3) is 0 Å². The predicted molar refractivity (Wildman–Crippen MR) is 37.1 cm³/mol. The molecule has 6 heteroatoms. The Morgan fingerprint density at radius 2 is 2.20 bits per heavy atom. The Morgan fingerprint density at radius 3 is 2.30 bits per heavy atom. The maximum atomic E-state index is 10.8. The van der Waals surface area contributed by atoms with Crippen LogP contribution in [0.5, 0.6) is 0 Å². The van der Waals surface area contributed by atoms with Crippen LogP contribution in [-0.2, 0) is 7.05 Å². The molecule has 0 fully saturated rings. The minimum absolute atomic E-state index is 0. The van der Waals surface area contributed by atoms with Crippen molar-refractivity contribution in [2.24, 2.45) is 7.05 Å². The molecule has 0 aliphatic rings. The van der Waals surface area contributed by atoms with Crippen molar-refractivity contribution in [1.29, 1.82) is 0 Å². The summed E-state index contributed by atoms with van der Waals surface area (Å²) in [7, 11) is 1.66. The number of aryl methyl sites for hydroxylation is 1. The lowest BCUT2D eigenvalue weighted by atomic mass is 10.6. The van der Waals surface area contributed by atoms with Gasteiger partial charge in [-0.3, -0.25) is 8.75 Å². The van der Waals surface area contributed by atoms with Crippen LogP contribution in [0.25, 0.3) is 0 Å². The summed E-state index contributed by atoms with van der Waals surface area (Å²) in [6.45, 7) is 0. The summed E-state index contributed by atoms with van der Waals surface area (Å²) in [5.41, 5.74) is 3.77. The second-order valence-corrected chi connectivity index (χ2v) is 3.39. The predicted octanol–water partition coefficient (Wildman–Crippen LogP) is -3.02. The number of rotatable bonds is 0. The van der Waals surface area contributed by atoms with Crippen LogP contribution in [0.15, 0.2) is 4.79 Å². The van der Waals surface area contributed by atoms with Crippen molar-refractivity contribution >= 4 is 28.8 Å². The molecule has 0 aliphatic heterocycles. The fourth-order valence-electron chi connectivity index (χ4n) is 0.491. The zero-order chi connectivity index (χ0) is 7.02. The van der Waals surface area contributed by atoms with E-state index >= 15 is 0 Å². The Balaban J connectivity index is 0.000000810. The van der Waals surface area contributed by atoms with Crippen molar-refractivity contribution in [2.45, 2.75) is 0 Å². The molecular formula is C4H6BrClN2OS. The second kappa shape index (κ2) is 3.52. The quantitative estimate of drug-likeness (QED) is 0.520. The summed E-state index contributed by atoms with van der Waals surface area (Å²) in [6, 6.07) is 0. The zero-order valence-electron chi connectivity index (χ0n) is 5.23. The van der Waals surface area contributed by atoms with Crippen LogP contribution in [-0.4, -0.2) is 3.96 Å². The second-order valence-electron chi connectivity index (χ2n) is 1.65. The minimum atomic E-state index is -0.106. The first-order chi connectivity index (χ1) is 4.13. The molecule has 1 rings (SSSR count). The molecular weight excluding hydrogens is 239 g/mol. The molecule has 0 radical (unpaired) electrons. The van der Waals surface area contributed by atoms with E-state index in [1.807, 2.05) is 0 Å². The van der Waals surface area contributed by atoms with E-state index in [1.54, 1.807) is 7.05 Å². The topological polar surface area (TPSA) is 49.6 Å². The molecule has 3 N–H and O–H groups in total. The molecule has 0 spiro atoms. The van der Waals surface area contributed by atoms with Crippen LogP contribution in [0.3, 0.4) is 0 Å². The third-order valence-corrected chi connectivity index (χ3v) is 2.28. The molecule has 0 bridgehead atoms. The number of quaternary nitrogens is 1. The van der Waals surface area contributed by atoms with E-state index in [9.17, 15) is 4.79 Å². The molecule has 0 amide bonds. The Labute approximate surface area is 77.3 Å². The van der Waals surface area contributed by atoms with E-state index in [0.29, 0.717) is 10.0 Å². The summed E-state index contributed by atoms with van der Waals surface area (Å²) in [5.74, 6) is 0. The van der Waals surface area contributed by atoms with Crippen molar-refractivity contribution in [1.82, 2.24) is 3.96 Å². The third kappa shape index (κ3) is 1.60. The molecule has 0 saturated carbocycles. The number of hydrogen-bond donors (Lipinski definition) is 1. The lowest BCUT2D eigenvalue weighted by molar-refractivity contribution is -0.256. The Bertz CT molecular complexity index is 281. The highest BCUT2D eigenvalue weighted by Gasteiger charge is 2.09. The van der Waals surface area contributed by atoms with Crippen LogP contribution < -0.4 is 28.3 Å². The molecule has 1 heterocycles. The maximum Gasteiger partial charge on any atom is 0.323 e. The largest absolute Gasteiger partial charge is 1.00 e. The van der Waals surface area contributed by atoms with Gasteiger partial charge in [-0.1, -0.05) is 11.6 Å². The van der Waals surface area contributed by atoms with Gasteiger partial charge in [0.1, 0.15) is 0 Å². The van der Waals surface area contributed by atoms with Crippen LogP contribution in [0.4, 0.5) is 5.69 Å². The summed E-state index contributed by atoms with van der Waals surface area (Å²) < 4.78 is 1.92. The Kier molecular flexibility index (Phi) is 3.58. The lowest BCUT2D eigenvalue weighted by Gasteiger charge is -1.76. The molecule has 58 valence electrons. The molecule has 0 atom stereocenters. The van der Waals surface area contributed by atoms with Crippen LogP contribution in [0, 0.1) is 0 Å². The van der Waals surface area contributed by atoms with Gasteiger partial charge in [0.2, 0.25) is 5.69 Å². The fraction of sp³-hybridized carbons (Fsp3) is 0.250. The standard InChI is InChI=1S/C4H5ClN2OS.BrH/c1-7-4(8)2(6)3(5)9-7;/h6H2,1H3;1H. The van der Waals surface area contributed by atoms with Gasteiger partial charge < -0.3 is 22.7 Å². The number of hydrogen-bond acceptors (Lipinski definition) is 2. The van der Waals surface area contributed by atoms with Crippen molar-refractivity contribution in [3.05, 3.63) is 14.7 Å². The third-order valence-electron chi connectivity index (χ3n) is 0.998. The summed E-state index contributed by atoms with van der Waals surface area (Å²) in [6.07, 6.45) is 0. The van der Waals surface area contributed by atoms with Crippen molar-refractivity contribution in [3.8, 4) is 0 Å². The highest BCUT2D eigenvalue weighted by molar-refractivity contribution is 7.11. The minimum Gasteiger partial charge on any atom is -1.00 e. The van der Waals surface area contributed by atoms with E-state index in [4.69, 9.17) is 11.6 Å². The smallest absolute Gasteiger partial charge is 0.323 e. The highest BCUT2D eigenvalue weighted by atomic mass is 79.9. The van der Waals surface area contributed by atoms with E-state index in [-0.39, 0.29) is 22.5 Å². The Hall–Kier alpha value is 0.160. The van der Waals surface area contributed by atoms with E-state index in [1.165, 1.54) is 15.5 Å². The van der Waals surface area contributed by atoms with Gasteiger partial charge in [0.05, 0.1) is 0 Å². The van der Waals surface area contributed by atoms with Gasteiger partial charge in [-0.2, -0.15) is 0 Å². The summed E-state index contributed by atoms with van der Waals surface area (Å²) in [4.78, 5) is 10.8. The fourth-order valence-corrected chi connectivity index (χ4v) is 1.51. The average molecular weight is 246 g/mol. The average Bonchev–Trinajstić information content (AvgIpc) is 1.98. The van der Waals surface area contributed by atoms with Crippen LogP contribution >= 0.6 is 23.1 Å². The van der Waals surface area contributed by atoms with E-state index in [2.05, 4.69) is 5.73 Å². The summed E-state index contributed by atoms with van der Waals surface area (Å²) >= 11 is 6.77. The normalized spacial score (nSPS) is 9.10. The highest BCUT2D eigenvalue weighted by Crippen LogP contribution is 2.17. The molecule has 1 aromatic heterocycles. The van der Waals surface area contributed by atoms with Gasteiger partial charge in [-0.05, 0) is 11.5 Å². The number of nitrogens with zero attached hydrogens (tertiary/aromatic N) is 1. The zero-order valence-corrected chi connectivity index (χ0v) is 8.39. The van der Waals surface area contributed by atoms with Crippen LogP contribution in [0.1, 0.15) is 0 Å². The Morgan fingerprint density at radius 1 is 1.70 bits per heavy atom.